The first kappa shape index (κ1) is 21.2. The molecule has 0 aliphatic heterocycles. The smallest absolute Gasteiger partial charge is 0.408 e. The van der Waals surface area contributed by atoms with Crippen molar-refractivity contribution >= 4 is 29.3 Å². The zero-order valence-electron chi connectivity index (χ0n) is 15.9. The SMILES string of the molecule is CC(C)/C=C/C(=O)Nc1cccc(NC(=O)CNC(=O)OC(C)(C)C)c1. The molecule has 0 saturated heterocycles. The van der Waals surface area contributed by atoms with Crippen LogP contribution in [0.3, 0.4) is 0 Å². The van der Waals surface area contributed by atoms with Crippen LogP contribution >= 0.6 is 0 Å². The van der Waals surface area contributed by atoms with Gasteiger partial charge in [0.05, 0.1) is 0 Å². The summed E-state index contributed by atoms with van der Waals surface area (Å²) >= 11 is 0. The summed E-state index contributed by atoms with van der Waals surface area (Å²) in [6.07, 6.45) is 2.61. The fourth-order valence-corrected chi connectivity index (χ4v) is 1.81. The van der Waals surface area contributed by atoms with Crippen molar-refractivity contribution in [3.05, 3.63) is 36.4 Å². The standard InChI is InChI=1S/C19H27N3O4/c1-13(2)9-10-16(23)21-14-7-6-8-15(11-14)22-17(24)12-20-18(25)26-19(3,4)5/h6-11,13H,12H2,1-5H3,(H,20,25)(H,21,23)(H,22,24)/b10-9+. The van der Waals surface area contributed by atoms with Crippen molar-refractivity contribution in [3.63, 3.8) is 0 Å². The molecule has 3 amide bonds. The van der Waals surface area contributed by atoms with Gasteiger partial charge in [-0.15, -0.1) is 0 Å². The van der Waals surface area contributed by atoms with E-state index in [0.717, 1.165) is 0 Å². The van der Waals surface area contributed by atoms with Gasteiger partial charge in [-0.2, -0.15) is 0 Å². The van der Waals surface area contributed by atoms with Gasteiger partial charge in [-0.3, -0.25) is 9.59 Å². The van der Waals surface area contributed by atoms with Crippen molar-refractivity contribution in [3.8, 4) is 0 Å². The lowest BCUT2D eigenvalue weighted by molar-refractivity contribution is -0.115. The summed E-state index contributed by atoms with van der Waals surface area (Å²) in [5.74, 6) is -0.364. The highest BCUT2D eigenvalue weighted by atomic mass is 16.6. The highest BCUT2D eigenvalue weighted by Gasteiger charge is 2.16. The molecule has 7 nitrogen and oxygen atoms in total. The molecule has 0 spiro atoms. The first-order chi connectivity index (χ1) is 12.0. The maximum atomic E-state index is 11.9. The zero-order valence-corrected chi connectivity index (χ0v) is 15.9. The Bertz CT molecular complexity index is 676. The number of hydrogen-bond donors (Lipinski definition) is 3. The molecule has 0 fully saturated rings. The molecule has 0 aliphatic carbocycles. The van der Waals surface area contributed by atoms with Crippen LogP contribution in [-0.4, -0.2) is 30.1 Å². The summed E-state index contributed by atoms with van der Waals surface area (Å²) in [7, 11) is 0. The van der Waals surface area contributed by atoms with Gasteiger partial charge < -0.3 is 20.7 Å². The van der Waals surface area contributed by atoms with E-state index in [1.165, 1.54) is 6.08 Å². The number of carbonyl (C=O) groups is 3. The molecule has 0 aliphatic rings. The van der Waals surface area contributed by atoms with Gasteiger partial charge >= 0.3 is 6.09 Å². The molecule has 3 N–H and O–H groups in total. The molecule has 1 rings (SSSR count). The quantitative estimate of drug-likeness (QED) is 0.677. The Balaban J connectivity index is 2.53. The molecular formula is C19H27N3O4. The van der Waals surface area contributed by atoms with E-state index < -0.39 is 17.6 Å². The van der Waals surface area contributed by atoms with Crippen LogP contribution in [0.5, 0.6) is 0 Å². The van der Waals surface area contributed by atoms with Crippen molar-refractivity contribution in [2.75, 3.05) is 17.2 Å². The van der Waals surface area contributed by atoms with Crippen molar-refractivity contribution in [1.29, 1.82) is 0 Å². The Kier molecular flexibility index (Phi) is 7.83. The van der Waals surface area contributed by atoms with E-state index >= 15 is 0 Å². The lowest BCUT2D eigenvalue weighted by Crippen LogP contribution is -2.37. The normalized spacial score (nSPS) is 11.3. The summed E-state index contributed by atoms with van der Waals surface area (Å²) < 4.78 is 5.06. The third-order valence-electron chi connectivity index (χ3n) is 2.84. The highest BCUT2D eigenvalue weighted by Crippen LogP contribution is 2.15. The molecule has 1 aromatic rings. The van der Waals surface area contributed by atoms with Gasteiger partial charge in [0.25, 0.3) is 0 Å². The summed E-state index contributed by atoms with van der Waals surface area (Å²) in [5, 5.41) is 7.75. The minimum Gasteiger partial charge on any atom is -0.444 e. The number of carbonyl (C=O) groups excluding carboxylic acids is 3. The maximum Gasteiger partial charge on any atom is 0.408 e. The summed E-state index contributed by atoms with van der Waals surface area (Å²) in [6.45, 7) is 8.95. The number of ether oxygens (including phenoxy) is 1. The molecule has 0 aromatic heterocycles. The van der Waals surface area contributed by atoms with Crippen LogP contribution in [0.2, 0.25) is 0 Å². The molecule has 142 valence electrons. The van der Waals surface area contributed by atoms with E-state index in [4.69, 9.17) is 4.74 Å². The van der Waals surface area contributed by atoms with Crippen molar-refractivity contribution in [2.45, 2.75) is 40.2 Å². The molecule has 7 heteroatoms. The number of benzene rings is 1. The average molecular weight is 361 g/mol. The second-order valence-electron chi connectivity index (χ2n) is 7.08. The molecular weight excluding hydrogens is 334 g/mol. The minimum absolute atomic E-state index is 0.220. The Morgan fingerprint density at radius 3 is 2.31 bits per heavy atom. The van der Waals surface area contributed by atoms with Crippen LogP contribution < -0.4 is 16.0 Å². The van der Waals surface area contributed by atoms with Gasteiger partial charge in [0.1, 0.15) is 12.1 Å². The Labute approximate surface area is 154 Å². The van der Waals surface area contributed by atoms with Gasteiger partial charge in [-0.05, 0) is 51.0 Å². The fraction of sp³-hybridized carbons (Fsp3) is 0.421. The van der Waals surface area contributed by atoms with E-state index in [2.05, 4.69) is 16.0 Å². The topological polar surface area (TPSA) is 96.5 Å². The van der Waals surface area contributed by atoms with Gasteiger partial charge in [0, 0.05) is 11.4 Å². The Hall–Kier alpha value is -2.83. The van der Waals surface area contributed by atoms with Crippen LogP contribution in [0.1, 0.15) is 34.6 Å². The van der Waals surface area contributed by atoms with Crippen LogP contribution in [0.15, 0.2) is 36.4 Å². The summed E-state index contributed by atoms with van der Waals surface area (Å²) in [6, 6.07) is 6.74. The molecule has 0 atom stereocenters. The third kappa shape index (κ3) is 9.46. The lowest BCUT2D eigenvalue weighted by atomic mass is 10.2. The summed E-state index contributed by atoms with van der Waals surface area (Å²) in [5.41, 5.74) is 0.435. The van der Waals surface area contributed by atoms with E-state index in [1.54, 1.807) is 51.1 Å². The molecule has 0 radical (unpaired) electrons. The highest BCUT2D eigenvalue weighted by molar-refractivity contribution is 6.00. The Morgan fingerprint density at radius 1 is 1.12 bits per heavy atom. The zero-order chi connectivity index (χ0) is 19.7. The lowest BCUT2D eigenvalue weighted by Gasteiger charge is -2.19. The van der Waals surface area contributed by atoms with Gasteiger partial charge in [0.2, 0.25) is 11.8 Å². The number of allylic oxidation sites excluding steroid dienone is 1. The first-order valence-corrected chi connectivity index (χ1v) is 8.41. The predicted octanol–water partition coefficient (Wildman–Crippen LogP) is 3.30. The molecule has 0 bridgehead atoms. The second kappa shape index (κ2) is 9.60. The van der Waals surface area contributed by atoms with E-state index in [9.17, 15) is 14.4 Å². The van der Waals surface area contributed by atoms with Crippen LogP contribution in [0, 0.1) is 5.92 Å². The maximum absolute atomic E-state index is 11.9. The molecule has 1 aromatic carbocycles. The average Bonchev–Trinajstić information content (AvgIpc) is 2.50. The first-order valence-electron chi connectivity index (χ1n) is 8.41. The number of rotatable bonds is 6. The molecule has 0 unspecified atom stereocenters. The van der Waals surface area contributed by atoms with E-state index in [1.807, 2.05) is 13.8 Å². The Morgan fingerprint density at radius 2 is 1.73 bits per heavy atom. The predicted molar refractivity (Wildman–Crippen MR) is 102 cm³/mol. The number of amides is 3. The van der Waals surface area contributed by atoms with Gasteiger partial charge in [-0.25, -0.2) is 4.79 Å². The van der Waals surface area contributed by atoms with Crippen LogP contribution in [-0.2, 0) is 14.3 Å². The number of alkyl carbamates (subject to hydrolysis) is 1. The fourth-order valence-electron chi connectivity index (χ4n) is 1.81. The molecule has 0 saturated carbocycles. The van der Waals surface area contributed by atoms with E-state index in [0.29, 0.717) is 11.4 Å². The number of anilines is 2. The van der Waals surface area contributed by atoms with Gasteiger partial charge in [0.15, 0.2) is 0 Å². The van der Waals surface area contributed by atoms with Gasteiger partial charge in [-0.1, -0.05) is 26.0 Å². The number of hydrogen-bond acceptors (Lipinski definition) is 4. The monoisotopic (exact) mass is 361 g/mol. The number of nitrogens with one attached hydrogen (secondary N) is 3. The van der Waals surface area contributed by atoms with Crippen molar-refractivity contribution in [2.24, 2.45) is 5.92 Å². The third-order valence-corrected chi connectivity index (χ3v) is 2.84. The largest absolute Gasteiger partial charge is 0.444 e. The van der Waals surface area contributed by atoms with E-state index in [-0.39, 0.29) is 18.4 Å². The second-order valence-corrected chi connectivity index (χ2v) is 7.08. The minimum atomic E-state index is -0.661. The van der Waals surface area contributed by atoms with Crippen molar-refractivity contribution < 1.29 is 19.1 Å². The van der Waals surface area contributed by atoms with Crippen LogP contribution in [0.25, 0.3) is 0 Å². The van der Waals surface area contributed by atoms with Crippen LogP contribution in [0.4, 0.5) is 16.2 Å². The van der Waals surface area contributed by atoms with Crippen molar-refractivity contribution in [1.82, 2.24) is 5.32 Å². The molecule has 0 heterocycles. The summed E-state index contributed by atoms with van der Waals surface area (Å²) in [4.78, 5) is 35.2. The molecule has 26 heavy (non-hydrogen) atoms.